The third-order valence-corrected chi connectivity index (χ3v) is 5.73. The molecular weight excluding hydrogens is 390 g/mol. The first-order valence-electron chi connectivity index (χ1n) is 10.4. The van der Waals surface area contributed by atoms with E-state index in [2.05, 4.69) is 24.3 Å². The van der Waals surface area contributed by atoms with Gasteiger partial charge in [0.2, 0.25) is 0 Å². The molecule has 0 fully saturated rings. The number of rotatable bonds is 6. The quantitative estimate of drug-likeness (QED) is 0.580. The van der Waals surface area contributed by atoms with Crippen LogP contribution in [0.1, 0.15) is 42.5 Å². The van der Waals surface area contributed by atoms with Crippen LogP contribution in [0, 0.1) is 0 Å². The van der Waals surface area contributed by atoms with E-state index in [0.717, 1.165) is 22.3 Å². The number of fused-ring (bicyclic) bond motifs is 3. The van der Waals surface area contributed by atoms with E-state index in [4.69, 9.17) is 4.74 Å². The van der Waals surface area contributed by atoms with E-state index >= 15 is 0 Å². The third kappa shape index (κ3) is 3.91. The number of carbonyl (C=O) groups excluding carboxylic acids is 1. The summed E-state index contributed by atoms with van der Waals surface area (Å²) < 4.78 is 5.74. The monoisotopic (exact) mass is 415 g/mol. The Morgan fingerprint density at radius 1 is 0.871 bits per heavy atom. The molecule has 5 heteroatoms. The molecule has 0 saturated carbocycles. The summed E-state index contributed by atoms with van der Waals surface area (Å²) in [6.07, 6.45) is -0.631. The standard InChI is InChI=1S/C26H25NO4/c1-17(2)27(24(25(28)29)18-10-4-3-5-11-18)26(30)31-16-23-21-14-8-6-12-19(21)20-13-7-9-15-22(20)23/h3-15,17,23-24H,16H2,1-2H3,(H,28,29). The Bertz CT molecular complexity index is 1050. The molecule has 1 aliphatic rings. The van der Waals surface area contributed by atoms with Crippen molar-refractivity contribution in [2.75, 3.05) is 6.61 Å². The summed E-state index contributed by atoms with van der Waals surface area (Å²) in [6.45, 7) is 3.73. The van der Waals surface area contributed by atoms with Crippen LogP contribution < -0.4 is 0 Å². The highest BCUT2D eigenvalue weighted by Gasteiger charge is 2.36. The van der Waals surface area contributed by atoms with Crippen molar-refractivity contribution >= 4 is 12.1 Å². The fourth-order valence-corrected chi connectivity index (χ4v) is 4.34. The summed E-state index contributed by atoms with van der Waals surface area (Å²) in [6, 6.07) is 23.5. The van der Waals surface area contributed by atoms with Crippen LogP contribution in [0.15, 0.2) is 78.9 Å². The van der Waals surface area contributed by atoms with Gasteiger partial charge in [-0.25, -0.2) is 9.59 Å². The zero-order chi connectivity index (χ0) is 22.0. The summed E-state index contributed by atoms with van der Waals surface area (Å²) in [4.78, 5) is 26.5. The number of nitrogens with zero attached hydrogens (tertiary/aromatic N) is 1. The number of hydrogen-bond acceptors (Lipinski definition) is 3. The van der Waals surface area contributed by atoms with Crippen molar-refractivity contribution in [3.63, 3.8) is 0 Å². The molecule has 31 heavy (non-hydrogen) atoms. The Morgan fingerprint density at radius 2 is 1.39 bits per heavy atom. The molecule has 0 saturated heterocycles. The second kappa shape index (κ2) is 8.64. The number of ether oxygens (including phenoxy) is 1. The smallest absolute Gasteiger partial charge is 0.411 e. The average Bonchev–Trinajstić information content (AvgIpc) is 3.09. The molecule has 1 atom stereocenters. The first-order chi connectivity index (χ1) is 15.0. The van der Waals surface area contributed by atoms with E-state index in [1.165, 1.54) is 4.90 Å². The van der Waals surface area contributed by atoms with Crippen molar-refractivity contribution in [2.24, 2.45) is 0 Å². The summed E-state index contributed by atoms with van der Waals surface area (Å²) in [5.41, 5.74) is 5.06. The van der Waals surface area contributed by atoms with Crippen molar-refractivity contribution in [3.8, 4) is 11.1 Å². The van der Waals surface area contributed by atoms with E-state index < -0.39 is 18.1 Å². The lowest BCUT2D eigenvalue weighted by Crippen LogP contribution is -2.44. The van der Waals surface area contributed by atoms with Crippen LogP contribution in [-0.4, -0.2) is 34.7 Å². The van der Waals surface area contributed by atoms with Crippen LogP contribution in [0.5, 0.6) is 0 Å². The maximum Gasteiger partial charge on any atom is 0.411 e. The summed E-state index contributed by atoms with van der Waals surface area (Å²) >= 11 is 0. The Balaban J connectivity index is 1.59. The summed E-state index contributed by atoms with van der Waals surface area (Å²) in [7, 11) is 0. The maximum absolute atomic E-state index is 13.1. The molecule has 0 heterocycles. The minimum atomic E-state index is -1.11. The van der Waals surface area contributed by atoms with Gasteiger partial charge in [0.1, 0.15) is 6.61 Å². The fourth-order valence-electron chi connectivity index (χ4n) is 4.34. The Labute approximate surface area is 181 Å². The lowest BCUT2D eigenvalue weighted by Gasteiger charge is -2.32. The van der Waals surface area contributed by atoms with Gasteiger partial charge < -0.3 is 9.84 Å². The van der Waals surface area contributed by atoms with Crippen LogP contribution in [0.4, 0.5) is 4.79 Å². The lowest BCUT2D eigenvalue weighted by molar-refractivity contribution is -0.143. The van der Waals surface area contributed by atoms with Crippen molar-refractivity contribution < 1.29 is 19.4 Å². The third-order valence-electron chi connectivity index (χ3n) is 5.73. The first kappa shape index (κ1) is 20.7. The maximum atomic E-state index is 13.1. The molecule has 0 aromatic heterocycles. The first-order valence-corrected chi connectivity index (χ1v) is 10.4. The number of carbonyl (C=O) groups is 2. The Morgan fingerprint density at radius 3 is 1.90 bits per heavy atom. The number of aliphatic carboxylic acids is 1. The number of carboxylic acids is 1. The molecule has 3 aromatic rings. The van der Waals surface area contributed by atoms with E-state index in [-0.39, 0.29) is 18.6 Å². The average molecular weight is 415 g/mol. The van der Waals surface area contributed by atoms with E-state index in [0.29, 0.717) is 5.56 Å². The topological polar surface area (TPSA) is 66.8 Å². The van der Waals surface area contributed by atoms with Gasteiger partial charge in [-0.1, -0.05) is 78.9 Å². The zero-order valence-electron chi connectivity index (χ0n) is 17.6. The molecule has 158 valence electrons. The fraction of sp³-hybridized carbons (Fsp3) is 0.231. The Kier molecular flexibility index (Phi) is 5.76. The highest BCUT2D eigenvalue weighted by atomic mass is 16.6. The Hall–Kier alpha value is -3.60. The van der Waals surface area contributed by atoms with Gasteiger partial charge in [-0.05, 0) is 41.7 Å². The van der Waals surface area contributed by atoms with Gasteiger partial charge in [-0.2, -0.15) is 0 Å². The molecule has 0 bridgehead atoms. The molecule has 1 amide bonds. The number of amides is 1. The molecule has 0 aliphatic heterocycles. The number of benzene rings is 3. The van der Waals surface area contributed by atoms with Crippen molar-refractivity contribution in [2.45, 2.75) is 31.8 Å². The van der Waals surface area contributed by atoms with Gasteiger partial charge in [0, 0.05) is 12.0 Å². The SMILES string of the molecule is CC(C)N(C(=O)OCC1c2ccccc2-c2ccccc21)C(C(=O)O)c1ccccc1. The van der Waals surface area contributed by atoms with Crippen LogP contribution >= 0.6 is 0 Å². The second-order valence-electron chi connectivity index (χ2n) is 7.96. The highest BCUT2D eigenvalue weighted by Crippen LogP contribution is 2.44. The summed E-state index contributed by atoms with van der Waals surface area (Å²) in [5.74, 6) is -1.17. The van der Waals surface area contributed by atoms with Gasteiger partial charge in [0.05, 0.1) is 0 Å². The molecule has 1 aliphatic carbocycles. The second-order valence-corrected chi connectivity index (χ2v) is 7.96. The minimum absolute atomic E-state index is 0.0784. The van der Waals surface area contributed by atoms with Crippen LogP contribution in [0.25, 0.3) is 11.1 Å². The molecule has 0 radical (unpaired) electrons. The molecule has 5 nitrogen and oxygen atoms in total. The molecule has 1 N–H and O–H groups in total. The van der Waals surface area contributed by atoms with Crippen LogP contribution in [0.3, 0.4) is 0 Å². The van der Waals surface area contributed by atoms with Gasteiger partial charge in [0.25, 0.3) is 0 Å². The lowest BCUT2D eigenvalue weighted by atomic mass is 9.98. The highest BCUT2D eigenvalue weighted by molar-refractivity contribution is 5.82. The number of hydrogen-bond donors (Lipinski definition) is 1. The zero-order valence-corrected chi connectivity index (χ0v) is 17.6. The van der Waals surface area contributed by atoms with E-state index in [1.807, 2.05) is 30.3 Å². The van der Waals surface area contributed by atoms with E-state index in [9.17, 15) is 14.7 Å². The molecule has 0 spiro atoms. The molecule has 3 aromatic carbocycles. The van der Waals surface area contributed by atoms with Gasteiger partial charge in [0.15, 0.2) is 6.04 Å². The molecule has 1 unspecified atom stereocenters. The largest absolute Gasteiger partial charge is 0.479 e. The predicted molar refractivity (Wildman–Crippen MR) is 119 cm³/mol. The van der Waals surface area contributed by atoms with Crippen molar-refractivity contribution in [1.82, 2.24) is 4.90 Å². The normalized spacial score (nSPS) is 13.4. The van der Waals surface area contributed by atoms with Gasteiger partial charge >= 0.3 is 12.1 Å². The molecule has 4 rings (SSSR count). The number of carboxylic acid groups (broad SMARTS) is 1. The van der Waals surface area contributed by atoms with Crippen molar-refractivity contribution in [1.29, 1.82) is 0 Å². The van der Waals surface area contributed by atoms with Crippen molar-refractivity contribution in [3.05, 3.63) is 95.6 Å². The van der Waals surface area contributed by atoms with Gasteiger partial charge in [-0.3, -0.25) is 4.90 Å². The molecular formula is C26H25NO4. The van der Waals surface area contributed by atoms with E-state index in [1.54, 1.807) is 38.1 Å². The summed E-state index contributed by atoms with van der Waals surface area (Å²) in [5, 5.41) is 9.89. The minimum Gasteiger partial charge on any atom is -0.479 e. The predicted octanol–water partition coefficient (Wildman–Crippen LogP) is 5.47. The van der Waals surface area contributed by atoms with Crippen LogP contribution in [0.2, 0.25) is 0 Å². The van der Waals surface area contributed by atoms with Crippen LogP contribution in [-0.2, 0) is 9.53 Å². The van der Waals surface area contributed by atoms with Gasteiger partial charge in [-0.15, -0.1) is 0 Å².